The molecule has 3 rings (SSSR count). The summed E-state index contributed by atoms with van der Waals surface area (Å²) < 4.78 is 1.18. The fourth-order valence-electron chi connectivity index (χ4n) is 1.87. The maximum absolute atomic E-state index is 3.71. The van der Waals surface area contributed by atoms with Crippen molar-refractivity contribution in [2.24, 2.45) is 0 Å². The summed E-state index contributed by atoms with van der Waals surface area (Å²) in [6.45, 7) is 0. The summed E-state index contributed by atoms with van der Waals surface area (Å²) in [6, 6.07) is 14.9. The van der Waals surface area contributed by atoms with Gasteiger partial charge in [0.2, 0.25) is 0 Å². The van der Waals surface area contributed by atoms with Crippen LogP contribution in [0.2, 0.25) is 0 Å². The van der Waals surface area contributed by atoms with Crippen molar-refractivity contribution in [3.63, 3.8) is 0 Å². The lowest BCUT2D eigenvalue weighted by Crippen LogP contribution is -1.79. The first-order chi connectivity index (χ1) is 7.86. The fourth-order valence-corrected chi connectivity index (χ4v) is 3.25. The van der Waals surface area contributed by atoms with Gasteiger partial charge in [-0.1, -0.05) is 36.4 Å². The molecule has 0 radical (unpaired) electrons. The van der Waals surface area contributed by atoms with Crippen molar-refractivity contribution in [3.05, 3.63) is 57.7 Å². The van der Waals surface area contributed by atoms with Crippen LogP contribution in [-0.2, 0) is 0 Å². The molecule has 0 unspecified atom stereocenters. The third-order valence-corrected chi connectivity index (χ3v) is 4.23. The van der Waals surface area contributed by atoms with Crippen molar-refractivity contribution in [1.82, 2.24) is 0 Å². The Hall–Kier alpha value is -1.12. The molecule has 16 heavy (non-hydrogen) atoms. The topological polar surface area (TPSA) is 0 Å². The number of thiophene rings is 1. The number of hydrogen-bond donors (Lipinski definition) is 0. The summed E-state index contributed by atoms with van der Waals surface area (Å²) in [5, 5.41) is 6.82. The molecule has 0 saturated heterocycles. The second-order valence-corrected chi connectivity index (χ2v) is 5.23. The molecule has 2 heteroatoms. The van der Waals surface area contributed by atoms with E-state index in [0.29, 0.717) is 0 Å². The van der Waals surface area contributed by atoms with E-state index in [1.807, 2.05) is 0 Å². The molecule has 0 amide bonds. The summed E-state index contributed by atoms with van der Waals surface area (Å²) >= 11 is 5.44. The molecule has 0 aliphatic rings. The number of benzene rings is 2. The molecule has 3 aromatic rings. The number of hydrogen-bond acceptors (Lipinski definition) is 1. The van der Waals surface area contributed by atoms with E-state index in [-0.39, 0.29) is 0 Å². The first kappa shape index (κ1) is 10.1. The Morgan fingerprint density at radius 3 is 2.62 bits per heavy atom. The average molecular weight is 289 g/mol. The van der Waals surface area contributed by atoms with E-state index in [1.165, 1.54) is 26.4 Å². The molecule has 0 aliphatic heterocycles. The Morgan fingerprint density at radius 1 is 0.938 bits per heavy atom. The first-order valence-corrected chi connectivity index (χ1v) is 6.79. The molecule has 0 aliphatic carbocycles. The van der Waals surface area contributed by atoms with Gasteiger partial charge >= 0.3 is 0 Å². The summed E-state index contributed by atoms with van der Waals surface area (Å²) in [5.74, 6) is 0. The third kappa shape index (κ3) is 1.58. The number of fused-ring (bicyclic) bond motifs is 1. The van der Waals surface area contributed by atoms with Crippen molar-refractivity contribution in [1.29, 1.82) is 0 Å². The highest BCUT2D eigenvalue weighted by molar-refractivity contribution is 9.10. The average Bonchev–Trinajstić information content (AvgIpc) is 2.83. The van der Waals surface area contributed by atoms with E-state index in [4.69, 9.17) is 0 Å². The molecule has 0 fully saturated rings. The zero-order chi connectivity index (χ0) is 11.0. The lowest BCUT2D eigenvalue weighted by molar-refractivity contribution is 1.67. The van der Waals surface area contributed by atoms with Crippen LogP contribution in [0.4, 0.5) is 0 Å². The van der Waals surface area contributed by atoms with Gasteiger partial charge < -0.3 is 0 Å². The monoisotopic (exact) mass is 288 g/mol. The first-order valence-electron chi connectivity index (χ1n) is 5.06. The highest BCUT2D eigenvalue weighted by atomic mass is 79.9. The smallest absolute Gasteiger partial charge is 0.0332 e. The van der Waals surface area contributed by atoms with Gasteiger partial charge in [0.1, 0.15) is 0 Å². The van der Waals surface area contributed by atoms with Crippen LogP contribution in [0.25, 0.3) is 21.9 Å². The van der Waals surface area contributed by atoms with Crippen LogP contribution in [0, 0.1) is 0 Å². The van der Waals surface area contributed by atoms with Crippen LogP contribution in [0.5, 0.6) is 0 Å². The molecule has 0 saturated carbocycles. The summed E-state index contributed by atoms with van der Waals surface area (Å²) in [4.78, 5) is 0. The van der Waals surface area contributed by atoms with E-state index in [2.05, 4.69) is 69.2 Å². The van der Waals surface area contributed by atoms with Crippen molar-refractivity contribution >= 4 is 38.0 Å². The van der Waals surface area contributed by atoms with Gasteiger partial charge in [0, 0.05) is 4.47 Å². The Balaban J connectivity index is 2.32. The Kier molecular flexibility index (Phi) is 2.54. The molecule has 0 nitrogen and oxygen atoms in total. The highest BCUT2D eigenvalue weighted by Gasteiger charge is 2.06. The Labute approximate surface area is 107 Å². The van der Waals surface area contributed by atoms with E-state index in [1.54, 1.807) is 11.3 Å². The Bertz CT molecular complexity index is 626. The van der Waals surface area contributed by atoms with E-state index in [0.717, 1.165) is 0 Å². The third-order valence-electron chi connectivity index (χ3n) is 2.70. The lowest BCUT2D eigenvalue weighted by atomic mass is 10.0. The van der Waals surface area contributed by atoms with Gasteiger partial charge in [-0.2, -0.15) is 11.3 Å². The molecule has 1 heterocycles. The van der Waals surface area contributed by atoms with E-state index in [9.17, 15) is 0 Å². The number of rotatable bonds is 1. The summed E-state index contributed by atoms with van der Waals surface area (Å²) in [5.41, 5.74) is 2.54. The molecule has 0 spiro atoms. The molecule has 78 valence electrons. The van der Waals surface area contributed by atoms with Gasteiger partial charge in [0.05, 0.1) is 0 Å². The van der Waals surface area contributed by atoms with Crippen LogP contribution >= 0.6 is 27.3 Å². The molecule has 0 bridgehead atoms. The van der Waals surface area contributed by atoms with Crippen molar-refractivity contribution < 1.29 is 0 Å². The summed E-state index contributed by atoms with van der Waals surface area (Å²) in [6.07, 6.45) is 0. The largest absolute Gasteiger partial charge is 0.152 e. The molecular formula is C14H9BrS. The van der Waals surface area contributed by atoms with Crippen LogP contribution in [0.15, 0.2) is 57.7 Å². The minimum Gasteiger partial charge on any atom is -0.152 e. The molecule has 1 aromatic heterocycles. The van der Waals surface area contributed by atoms with Gasteiger partial charge in [0.15, 0.2) is 0 Å². The van der Waals surface area contributed by atoms with Gasteiger partial charge in [-0.05, 0) is 54.7 Å². The van der Waals surface area contributed by atoms with E-state index >= 15 is 0 Å². The standard InChI is InChI=1S/C14H9BrS/c15-14-12-4-2-1-3-10(12)5-6-13(14)11-7-8-16-9-11/h1-9H. The van der Waals surface area contributed by atoms with Crippen molar-refractivity contribution in [2.45, 2.75) is 0 Å². The van der Waals surface area contributed by atoms with Gasteiger partial charge in [0.25, 0.3) is 0 Å². The van der Waals surface area contributed by atoms with Crippen LogP contribution < -0.4 is 0 Å². The zero-order valence-corrected chi connectivity index (χ0v) is 10.9. The van der Waals surface area contributed by atoms with Crippen molar-refractivity contribution in [2.75, 3.05) is 0 Å². The van der Waals surface area contributed by atoms with Crippen LogP contribution in [0.1, 0.15) is 0 Å². The minimum absolute atomic E-state index is 1.18. The summed E-state index contributed by atoms with van der Waals surface area (Å²) in [7, 11) is 0. The van der Waals surface area contributed by atoms with Gasteiger partial charge in [-0.3, -0.25) is 0 Å². The molecular weight excluding hydrogens is 280 g/mol. The van der Waals surface area contributed by atoms with E-state index < -0.39 is 0 Å². The minimum atomic E-state index is 1.18. The Morgan fingerprint density at radius 2 is 1.81 bits per heavy atom. The maximum Gasteiger partial charge on any atom is 0.0332 e. The normalized spacial score (nSPS) is 10.8. The van der Waals surface area contributed by atoms with Crippen molar-refractivity contribution in [3.8, 4) is 11.1 Å². The predicted molar refractivity (Wildman–Crippen MR) is 75.0 cm³/mol. The number of halogens is 1. The van der Waals surface area contributed by atoms with Gasteiger partial charge in [-0.25, -0.2) is 0 Å². The van der Waals surface area contributed by atoms with Crippen LogP contribution in [-0.4, -0.2) is 0 Å². The predicted octanol–water partition coefficient (Wildman–Crippen LogP) is 5.33. The second-order valence-electron chi connectivity index (χ2n) is 3.66. The molecule has 0 N–H and O–H groups in total. The highest BCUT2D eigenvalue weighted by Crippen LogP contribution is 2.35. The SMILES string of the molecule is Brc1c(-c2ccsc2)ccc2ccccc12. The van der Waals surface area contributed by atoms with Gasteiger partial charge in [-0.15, -0.1) is 0 Å². The van der Waals surface area contributed by atoms with Crippen LogP contribution in [0.3, 0.4) is 0 Å². The second kappa shape index (κ2) is 4.04. The quantitative estimate of drug-likeness (QED) is 0.568. The molecule has 2 aromatic carbocycles. The lowest BCUT2D eigenvalue weighted by Gasteiger charge is -2.06. The zero-order valence-electron chi connectivity index (χ0n) is 8.48. The molecule has 0 atom stereocenters. The maximum atomic E-state index is 3.71. The fraction of sp³-hybridized carbons (Fsp3) is 0.